The first-order valence-corrected chi connectivity index (χ1v) is 11.8. The summed E-state index contributed by atoms with van der Waals surface area (Å²) in [6.07, 6.45) is 1.59. The van der Waals surface area contributed by atoms with Crippen molar-refractivity contribution in [3.05, 3.63) is 75.2 Å². The van der Waals surface area contributed by atoms with Crippen LogP contribution in [0.3, 0.4) is 0 Å². The maximum absolute atomic E-state index is 12.6. The molecule has 4 rings (SSSR count). The van der Waals surface area contributed by atoms with E-state index in [-0.39, 0.29) is 17.7 Å². The fourth-order valence-corrected chi connectivity index (χ4v) is 4.80. The number of benzene rings is 2. The Bertz CT molecular complexity index is 1210. The van der Waals surface area contributed by atoms with Crippen LogP contribution < -0.4 is 10.1 Å². The van der Waals surface area contributed by atoms with Crippen LogP contribution in [0, 0.1) is 11.8 Å². The molecule has 1 aromatic heterocycles. The second-order valence-electron chi connectivity index (χ2n) is 7.56. The summed E-state index contributed by atoms with van der Waals surface area (Å²) in [6.45, 7) is 1.25. The number of nitrogens with zero attached hydrogens (tertiary/aromatic N) is 2. The van der Waals surface area contributed by atoms with Crippen molar-refractivity contribution in [3.63, 3.8) is 0 Å². The van der Waals surface area contributed by atoms with E-state index in [1.165, 1.54) is 18.4 Å². The van der Waals surface area contributed by atoms with Gasteiger partial charge in [0, 0.05) is 41.6 Å². The average molecular weight is 480 g/mol. The third kappa shape index (κ3) is 5.72. The maximum atomic E-state index is 12.6. The van der Waals surface area contributed by atoms with Crippen molar-refractivity contribution in [3.8, 4) is 17.6 Å². The van der Waals surface area contributed by atoms with Crippen molar-refractivity contribution < 1.29 is 14.3 Å². The van der Waals surface area contributed by atoms with E-state index in [2.05, 4.69) is 22.1 Å². The Hall–Kier alpha value is -3.34. The average Bonchev–Trinajstić information content (AvgIpc) is 3.34. The zero-order valence-corrected chi connectivity index (χ0v) is 19.6. The largest absolute Gasteiger partial charge is 0.495 e. The van der Waals surface area contributed by atoms with Crippen molar-refractivity contribution in [1.82, 2.24) is 9.88 Å². The van der Waals surface area contributed by atoms with Crippen molar-refractivity contribution in [2.45, 2.75) is 18.8 Å². The number of halogens is 1. The normalized spacial score (nSPS) is 13.7. The minimum absolute atomic E-state index is 0.158. The van der Waals surface area contributed by atoms with E-state index in [9.17, 15) is 9.59 Å². The van der Waals surface area contributed by atoms with Crippen molar-refractivity contribution >= 4 is 40.4 Å². The summed E-state index contributed by atoms with van der Waals surface area (Å²) >= 11 is 7.60. The zero-order chi connectivity index (χ0) is 23.2. The Labute approximate surface area is 201 Å². The van der Waals surface area contributed by atoms with E-state index in [0.717, 1.165) is 23.4 Å². The molecule has 0 saturated carbocycles. The molecule has 0 atom stereocenters. The molecule has 33 heavy (non-hydrogen) atoms. The Morgan fingerprint density at radius 3 is 2.64 bits per heavy atom. The summed E-state index contributed by atoms with van der Waals surface area (Å²) in [5.41, 5.74) is 1.77. The topological polar surface area (TPSA) is 71.5 Å². The molecule has 2 amide bonds. The van der Waals surface area contributed by atoms with Crippen LogP contribution in [0.1, 0.15) is 39.8 Å². The molecule has 1 fully saturated rings. The van der Waals surface area contributed by atoms with Gasteiger partial charge in [0.2, 0.25) is 0 Å². The summed E-state index contributed by atoms with van der Waals surface area (Å²) in [6, 6.07) is 14.5. The quantitative estimate of drug-likeness (QED) is 0.545. The predicted molar refractivity (Wildman–Crippen MR) is 130 cm³/mol. The standard InChI is InChI=1S/C25H22ClN3O3S/c1-32-22-9-8-19(15-20(22)26)27-24(31)21-16-33-25(28-21)18-11-13-29(14-12-18)23(30)10-7-17-5-3-2-4-6-17/h2-6,8-9,15-16,18H,11-14H2,1H3,(H,27,31). The van der Waals surface area contributed by atoms with Gasteiger partial charge >= 0.3 is 0 Å². The lowest BCUT2D eigenvalue weighted by Crippen LogP contribution is -2.37. The molecular formula is C25H22ClN3O3S. The van der Waals surface area contributed by atoms with Gasteiger partial charge in [0.15, 0.2) is 0 Å². The first-order valence-electron chi connectivity index (χ1n) is 10.5. The highest BCUT2D eigenvalue weighted by Gasteiger charge is 2.26. The first kappa shape index (κ1) is 22.8. The van der Waals surface area contributed by atoms with Crippen molar-refractivity contribution in [2.24, 2.45) is 0 Å². The molecule has 6 nitrogen and oxygen atoms in total. The Morgan fingerprint density at radius 2 is 1.94 bits per heavy atom. The number of carbonyl (C=O) groups is 2. The summed E-state index contributed by atoms with van der Waals surface area (Å²) in [4.78, 5) is 31.3. The van der Waals surface area contributed by atoms with Gasteiger partial charge in [-0.25, -0.2) is 4.98 Å². The van der Waals surface area contributed by atoms with Gasteiger partial charge in [0.25, 0.3) is 11.8 Å². The molecule has 0 bridgehead atoms. The number of hydrogen-bond acceptors (Lipinski definition) is 5. The van der Waals surface area contributed by atoms with E-state index in [1.807, 2.05) is 30.3 Å². The lowest BCUT2D eigenvalue weighted by atomic mass is 9.97. The number of thiazole rings is 1. The molecule has 2 heterocycles. The number of anilines is 1. The number of amides is 2. The van der Waals surface area contributed by atoms with Crippen LogP contribution in [0.2, 0.25) is 5.02 Å². The SMILES string of the molecule is COc1ccc(NC(=O)c2csc(C3CCN(C(=O)C#Cc4ccccc4)CC3)n2)cc1Cl. The van der Waals surface area contributed by atoms with Crippen LogP contribution in [-0.2, 0) is 4.79 Å². The molecule has 1 N–H and O–H groups in total. The van der Waals surface area contributed by atoms with Crippen LogP contribution in [0.4, 0.5) is 5.69 Å². The van der Waals surface area contributed by atoms with E-state index < -0.39 is 0 Å². The number of nitrogens with one attached hydrogen (secondary N) is 1. The van der Waals surface area contributed by atoms with Gasteiger partial charge in [-0.3, -0.25) is 9.59 Å². The number of carbonyl (C=O) groups excluding carboxylic acids is 2. The van der Waals surface area contributed by atoms with E-state index in [0.29, 0.717) is 35.2 Å². The van der Waals surface area contributed by atoms with Gasteiger partial charge in [-0.05, 0) is 43.2 Å². The molecule has 2 aromatic carbocycles. The number of likely N-dealkylation sites (tertiary alicyclic amines) is 1. The molecule has 3 aromatic rings. The number of hydrogen-bond donors (Lipinski definition) is 1. The highest BCUT2D eigenvalue weighted by molar-refractivity contribution is 7.10. The molecule has 1 aliphatic rings. The van der Waals surface area contributed by atoms with Crippen LogP contribution in [0.25, 0.3) is 0 Å². The Kier molecular flexibility index (Phi) is 7.28. The van der Waals surface area contributed by atoms with E-state index >= 15 is 0 Å². The van der Waals surface area contributed by atoms with Gasteiger partial charge in [-0.15, -0.1) is 11.3 Å². The molecule has 0 aliphatic carbocycles. The highest BCUT2D eigenvalue weighted by atomic mass is 35.5. The number of piperidine rings is 1. The second-order valence-corrected chi connectivity index (χ2v) is 8.85. The smallest absolute Gasteiger partial charge is 0.298 e. The monoisotopic (exact) mass is 479 g/mol. The van der Waals surface area contributed by atoms with E-state index in [1.54, 1.807) is 28.5 Å². The first-order chi connectivity index (χ1) is 16.0. The maximum Gasteiger partial charge on any atom is 0.298 e. The minimum atomic E-state index is -0.289. The molecule has 168 valence electrons. The molecule has 0 spiro atoms. The fraction of sp³-hybridized carbons (Fsp3) is 0.240. The number of aromatic nitrogens is 1. The summed E-state index contributed by atoms with van der Waals surface area (Å²) in [5.74, 6) is 5.97. The lowest BCUT2D eigenvalue weighted by molar-refractivity contribution is -0.126. The molecule has 0 unspecified atom stereocenters. The summed E-state index contributed by atoms with van der Waals surface area (Å²) < 4.78 is 5.13. The van der Waals surface area contributed by atoms with Crippen molar-refractivity contribution in [1.29, 1.82) is 0 Å². The van der Waals surface area contributed by atoms with Crippen molar-refractivity contribution in [2.75, 3.05) is 25.5 Å². The third-order valence-electron chi connectivity index (χ3n) is 5.38. The number of ether oxygens (including phenoxy) is 1. The Balaban J connectivity index is 1.32. The van der Waals surface area contributed by atoms with Crippen LogP contribution >= 0.6 is 22.9 Å². The number of rotatable bonds is 4. The molecular weight excluding hydrogens is 458 g/mol. The van der Waals surface area contributed by atoms with Crippen LogP contribution in [-0.4, -0.2) is 41.9 Å². The van der Waals surface area contributed by atoms with Gasteiger partial charge in [-0.1, -0.05) is 35.7 Å². The number of methoxy groups -OCH3 is 1. The summed E-state index contributed by atoms with van der Waals surface area (Å²) in [5, 5.41) is 5.91. The van der Waals surface area contributed by atoms with Gasteiger partial charge in [-0.2, -0.15) is 0 Å². The molecule has 1 saturated heterocycles. The van der Waals surface area contributed by atoms with E-state index in [4.69, 9.17) is 16.3 Å². The minimum Gasteiger partial charge on any atom is -0.495 e. The van der Waals surface area contributed by atoms with Crippen LogP contribution in [0.15, 0.2) is 53.9 Å². The predicted octanol–water partition coefficient (Wildman–Crippen LogP) is 4.82. The van der Waals surface area contributed by atoms with Gasteiger partial charge < -0.3 is 15.0 Å². The highest BCUT2D eigenvalue weighted by Crippen LogP contribution is 2.31. The third-order valence-corrected chi connectivity index (χ3v) is 6.69. The van der Waals surface area contributed by atoms with Gasteiger partial charge in [0.05, 0.1) is 17.1 Å². The lowest BCUT2D eigenvalue weighted by Gasteiger charge is -2.29. The summed E-state index contributed by atoms with van der Waals surface area (Å²) in [7, 11) is 1.54. The Morgan fingerprint density at radius 1 is 1.18 bits per heavy atom. The van der Waals surface area contributed by atoms with Gasteiger partial charge in [0.1, 0.15) is 11.4 Å². The second kappa shape index (κ2) is 10.5. The molecule has 8 heteroatoms. The zero-order valence-electron chi connectivity index (χ0n) is 18.0. The fourth-order valence-electron chi connectivity index (χ4n) is 3.57. The molecule has 1 aliphatic heterocycles. The van der Waals surface area contributed by atoms with Crippen LogP contribution in [0.5, 0.6) is 5.75 Å². The molecule has 0 radical (unpaired) electrons.